The van der Waals surface area contributed by atoms with Crippen LogP contribution in [0.15, 0.2) is 42.9 Å². The number of rotatable bonds is 5. The molecule has 1 aliphatic carbocycles. The second-order valence-electron chi connectivity index (χ2n) is 9.59. The zero-order valence-corrected chi connectivity index (χ0v) is 21.1. The fourth-order valence-corrected chi connectivity index (χ4v) is 5.69. The summed E-state index contributed by atoms with van der Waals surface area (Å²) in [5.74, 6) is -6.80. The molecule has 0 radical (unpaired) electrons. The third-order valence-electron chi connectivity index (χ3n) is 7.28. The van der Waals surface area contributed by atoms with Gasteiger partial charge in [-0.3, -0.25) is 0 Å². The molecule has 7 nitrogen and oxygen atoms in total. The zero-order chi connectivity index (χ0) is 27.7. The van der Waals surface area contributed by atoms with Gasteiger partial charge in [0.25, 0.3) is 5.92 Å². The normalized spacial score (nSPS) is 19.6. The average Bonchev–Trinajstić information content (AvgIpc) is 3.49. The summed E-state index contributed by atoms with van der Waals surface area (Å²) < 4.78 is 78.0. The minimum absolute atomic E-state index is 0.0797. The van der Waals surface area contributed by atoms with Crippen LogP contribution >= 0.6 is 11.6 Å². The van der Waals surface area contributed by atoms with Crippen molar-refractivity contribution in [1.29, 1.82) is 0 Å². The molecule has 202 valence electrons. The molecule has 2 aliphatic rings. The number of nitrogen functional groups attached to an aromatic ring is 1. The summed E-state index contributed by atoms with van der Waals surface area (Å²) in [6.07, 6.45) is 3.58. The van der Waals surface area contributed by atoms with Crippen LogP contribution in [0.2, 0.25) is 5.15 Å². The fourth-order valence-electron chi connectivity index (χ4n) is 5.54. The van der Waals surface area contributed by atoms with E-state index in [2.05, 4.69) is 15.0 Å². The number of ether oxygens (including phenoxy) is 1. The fraction of sp³-hybridized carbons (Fsp3) is 0.269. The van der Waals surface area contributed by atoms with Crippen LogP contribution in [0.5, 0.6) is 5.75 Å². The summed E-state index contributed by atoms with van der Waals surface area (Å²) in [5.41, 5.74) is 6.70. The minimum Gasteiger partial charge on any atom is -0.495 e. The molecule has 1 atom stereocenters. The van der Waals surface area contributed by atoms with Crippen LogP contribution in [-0.4, -0.2) is 45.6 Å². The first-order valence-corrected chi connectivity index (χ1v) is 12.2. The van der Waals surface area contributed by atoms with Crippen molar-refractivity contribution >= 4 is 23.4 Å². The van der Waals surface area contributed by atoms with Gasteiger partial charge in [0.2, 0.25) is 5.95 Å². The predicted molar refractivity (Wildman–Crippen MR) is 133 cm³/mol. The van der Waals surface area contributed by atoms with Crippen LogP contribution in [0.3, 0.4) is 0 Å². The number of halogens is 6. The Hall–Kier alpha value is -3.93. The van der Waals surface area contributed by atoms with Crippen molar-refractivity contribution in [2.24, 2.45) is 0 Å². The molecule has 0 bridgehead atoms. The van der Waals surface area contributed by atoms with E-state index < -0.39 is 41.9 Å². The minimum atomic E-state index is -2.87. The van der Waals surface area contributed by atoms with Crippen molar-refractivity contribution in [3.05, 3.63) is 87.8 Å². The number of methoxy groups -OCH3 is 1. The number of hydrogen-bond donors (Lipinski definition) is 1. The highest BCUT2D eigenvalue weighted by molar-refractivity contribution is 6.29. The van der Waals surface area contributed by atoms with Gasteiger partial charge in [-0.25, -0.2) is 31.9 Å². The second kappa shape index (κ2) is 8.80. The molecule has 1 saturated heterocycles. The maximum absolute atomic E-state index is 14.6. The van der Waals surface area contributed by atoms with Gasteiger partial charge in [0.1, 0.15) is 23.0 Å². The lowest BCUT2D eigenvalue weighted by Crippen LogP contribution is -2.57. The molecule has 1 fully saturated rings. The molecule has 0 saturated carbocycles. The lowest BCUT2D eigenvalue weighted by Gasteiger charge is -2.40. The van der Waals surface area contributed by atoms with Gasteiger partial charge in [0, 0.05) is 11.8 Å². The summed E-state index contributed by atoms with van der Waals surface area (Å²) in [6.45, 7) is -1.09. The molecule has 4 aromatic rings. The van der Waals surface area contributed by atoms with Crippen LogP contribution in [0, 0.1) is 17.5 Å². The molecule has 39 heavy (non-hydrogen) atoms. The monoisotopic (exact) mass is 562 g/mol. The number of fused-ring (bicyclic) bond motifs is 1. The van der Waals surface area contributed by atoms with E-state index in [0.717, 1.165) is 12.1 Å². The Bertz CT molecular complexity index is 1600. The number of alkyl halides is 2. The maximum atomic E-state index is 14.6. The van der Waals surface area contributed by atoms with Crippen LogP contribution in [-0.2, 0) is 11.8 Å². The second-order valence-corrected chi connectivity index (χ2v) is 9.98. The molecular formula is C26H20ClF5N6O. The van der Waals surface area contributed by atoms with Crippen molar-refractivity contribution in [2.75, 3.05) is 30.8 Å². The molecule has 6 rings (SSSR count). The van der Waals surface area contributed by atoms with Gasteiger partial charge in [-0.05, 0) is 48.2 Å². The van der Waals surface area contributed by atoms with E-state index in [4.69, 9.17) is 22.1 Å². The Morgan fingerprint density at radius 1 is 1.03 bits per heavy atom. The number of anilines is 2. The number of nitrogens with two attached hydrogens (primary N) is 1. The van der Waals surface area contributed by atoms with Gasteiger partial charge in [-0.15, -0.1) is 0 Å². The van der Waals surface area contributed by atoms with Crippen LogP contribution < -0.4 is 15.4 Å². The first kappa shape index (κ1) is 25.4. The van der Waals surface area contributed by atoms with Crippen molar-refractivity contribution < 1.29 is 26.7 Å². The quantitative estimate of drug-likeness (QED) is 0.270. The van der Waals surface area contributed by atoms with E-state index in [-0.39, 0.29) is 35.3 Å². The molecule has 13 heteroatoms. The number of aromatic nitrogens is 4. The third-order valence-corrected chi connectivity index (χ3v) is 7.47. The van der Waals surface area contributed by atoms with Crippen molar-refractivity contribution in [3.63, 3.8) is 0 Å². The number of imidazole rings is 1. The maximum Gasteiger partial charge on any atom is 0.282 e. The Kier molecular flexibility index (Phi) is 5.72. The number of benzene rings is 2. The molecule has 2 aromatic carbocycles. The number of hydrogen-bond acceptors (Lipinski definition) is 6. The average molecular weight is 563 g/mol. The van der Waals surface area contributed by atoms with Gasteiger partial charge in [-0.1, -0.05) is 17.7 Å². The van der Waals surface area contributed by atoms with Crippen LogP contribution in [0.1, 0.15) is 28.8 Å². The highest BCUT2D eigenvalue weighted by Crippen LogP contribution is 2.52. The van der Waals surface area contributed by atoms with E-state index in [1.54, 1.807) is 29.0 Å². The highest BCUT2D eigenvalue weighted by atomic mass is 35.5. The molecule has 1 unspecified atom stereocenters. The molecule has 2 aromatic heterocycles. The summed E-state index contributed by atoms with van der Waals surface area (Å²) in [7, 11) is 1.45. The zero-order valence-electron chi connectivity index (χ0n) is 20.4. The van der Waals surface area contributed by atoms with E-state index in [1.165, 1.54) is 18.3 Å². The smallest absolute Gasteiger partial charge is 0.282 e. The van der Waals surface area contributed by atoms with Crippen LogP contribution in [0.25, 0.3) is 5.69 Å². The Balaban J connectivity index is 1.59. The highest BCUT2D eigenvalue weighted by Gasteiger charge is 2.50. The van der Waals surface area contributed by atoms with E-state index in [1.807, 2.05) is 0 Å². The standard InChI is InChI=1S/C26H20ClF5N6O/c1-39-19-8-13(2-3-18(19)37-9-20(27)34-12-37)26(14-6-16(28)21(30)17(29)7-14)5-4-15-22(26)35-24(33)36-23(15)38-10-25(31,32)11-38/h2-3,6-9,12H,4-5,10-11H2,1H3,(H2,33,35,36). The van der Waals surface area contributed by atoms with Crippen molar-refractivity contribution in [3.8, 4) is 11.4 Å². The Morgan fingerprint density at radius 2 is 1.74 bits per heavy atom. The van der Waals surface area contributed by atoms with Crippen molar-refractivity contribution in [2.45, 2.75) is 24.2 Å². The summed E-state index contributed by atoms with van der Waals surface area (Å²) in [4.78, 5) is 14.1. The van der Waals surface area contributed by atoms with Gasteiger partial charge in [0.15, 0.2) is 17.5 Å². The predicted octanol–water partition coefficient (Wildman–Crippen LogP) is 5.06. The van der Waals surface area contributed by atoms with E-state index >= 15 is 0 Å². The third kappa shape index (κ3) is 3.96. The van der Waals surface area contributed by atoms with Gasteiger partial charge >= 0.3 is 0 Å². The number of nitrogens with zero attached hydrogens (tertiary/aromatic N) is 5. The molecule has 2 N–H and O–H groups in total. The lowest BCUT2D eigenvalue weighted by atomic mass is 9.72. The van der Waals surface area contributed by atoms with Gasteiger partial charge in [-0.2, -0.15) is 4.98 Å². The lowest BCUT2D eigenvalue weighted by molar-refractivity contribution is -0.0267. The molecule has 0 amide bonds. The molecule has 0 spiro atoms. The SMILES string of the molecule is COc1cc(C2(c3cc(F)c(F)c(F)c3)CCc3c(N4CC(F)(F)C4)nc(N)nc32)ccc1-n1cnc(Cl)c1. The van der Waals surface area contributed by atoms with Crippen LogP contribution in [0.4, 0.5) is 33.7 Å². The Labute approximate surface area is 224 Å². The Morgan fingerprint density at radius 3 is 2.36 bits per heavy atom. The summed E-state index contributed by atoms with van der Waals surface area (Å²) >= 11 is 5.98. The first-order chi connectivity index (χ1) is 18.5. The molecule has 3 heterocycles. The van der Waals surface area contributed by atoms with Crippen molar-refractivity contribution in [1.82, 2.24) is 19.5 Å². The van der Waals surface area contributed by atoms with Gasteiger partial charge in [0.05, 0.1) is 37.0 Å². The van der Waals surface area contributed by atoms with Gasteiger partial charge < -0.3 is 19.9 Å². The summed E-state index contributed by atoms with van der Waals surface area (Å²) in [5, 5.41) is 0.260. The molecule has 1 aliphatic heterocycles. The topological polar surface area (TPSA) is 82.1 Å². The van der Waals surface area contributed by atoms with E-state index in [0.29, 0.717) is 28.3 Å². The summed E-state index contributed by atoms with van der Waals surface area (Å²) in [6, 6.07) is 6.94. The van der Waals surface area contributed by atoms with E-state index in [9.17, 15) is 22.0 Å². The molecular weight excluding hydrogens is 543 g/mol. The first-order valence-electron chi connectivity index (χ1n) is 11.9. The largest absolute Gasteiger partial charge is 0.495 e.